The van der Waals surface area contributed by atoms with Crippen LogP contribution in [0.3, 0.4) is 0 Å². The predicted octanol–water partition coefficient (Wildman–Crippen LogP) is 1.23. The molecule has 0 spiro atoms. The highest BCUT2D eigenvalue weighted by Crippen LogP contribution is 2.15. The van der Waals surface area contributed by atoms with Crippen LogP contribution in [-0.2, 0) is 23.1 Å². The highest BCUT2D eigenvalue weighted by atomic mass is 32.2. The van der Waals surface area contributed by atoms with Gasteiger partial charge in [-0.05, 0) is 42.3 Å². The topological polar surface area (TPSA) is 79.3 Å². The van der Waals surface area contributed by atoms with Gasteiger partial charge >= 0.3 is 0 Å². The normalized spacial score (nSPS) is 11.5. The number of aliphatic hydroxyl groups is 1. The molecule has 0 atom stereocenters. The molecule has 0 bridgehead atoms. The summed E-state index contributed by atoms with van der Waals surface area (Å²) in [6.07, 6.45) is 3.80. The number of nitrogens with zero attached hydrogens (tertiary/aromatic N) is 1. The average molecular weight is 310 g/mol. The van der Waals surface area contributed by atoms with Gasteiger partial charge < -0.3 is 5.11 Å². The molecule has 0 aliphatic rings. The highest BCUT2D eigenvalue weighted by molar-refractivity contribution is 7.89. The molecule has 7 heteroatoms. The first-order valence-electron chi connectivity index (χ1n) is 6.31. The maximum Gasteiger partial charge on any atom is 0.240 e. The minimum Gasteiger partial charge on any atom is -0.392 e. The SMILES string of the molecule is O=S(=O)(NCCc1ccncc1)c1ccc(F)c(CO)c1. The summed E-state index contributed by atoms with van der Waals surface area (Å²) in [7, 11) is -3.72. The van der Waals surface area contributed by atoms with E-state index in [1.807, 2.05) is 0 Å². The fourth-order valence-corrected chi connectivity index (χ4v) is 2.88. The quantitative estimate of drug-likeness (QED) is 0.841. The van der Waals surface area contributed by atoms with Gasteiger partial charge in [0.05, 0.1) is 11.5 Å². The van der Waals surface area contributed by atoms with Crippen LogP contribution in [0, 0.1) is 5.82 Å². The van der Waals surface area contributed by atoms with E-state index < -0.39 is 22.4 Å². The Hall–Kier alpha value is -1.83. The van der Waals surface area contributed by atoms with Crippen molar-refractivity contribution in [1.29, 1.82) is 0 Å². The van der Waals surface area contributed by atoms with Crippen LogP contribution in [0.5, 0.6) is 0 Å². The Bertz CT molecular complexity index is 705. The molecular formula is C14H15FN2O3S. The molecule has 2 N–H and O–H groups in total. The molecule has 5 nitrogen and oxygen atoms in total. The zero-order valence-corrected chi connectivity index (χ0v) is 12.0. The van der Waals surface area contributed by atoms with E-state index in [0.29, 0.717) is 6.42 Å². The molecule has 1 aromatic carbocycles. The molecule has 112 valence electrons. The molecular weight excluding hydrogens is 295 g/mol. The number of benzene rings is 1. The third-order valence-corrected chi connectivity index (χ3v) is 4.41. The van der Waals surface area contributed by atoms with E-state index in [1.165, 1.54) is 6.07 Å². The van der Waals surface area contributed by atoms with Gasteiger partial charge in [0.1, 0.15) is 5.82 Å². The van der Waals surface area contributed by atoms with Crippen molar-refractivity contribution in [3.05, 3.63) is 59.7 Å². The number of sulfonamides is 1. The van der Waals surface area contributed by atoms with Crippen molar-refractivity contribution >= 4 is 10.0 Å². The van der Waals surface area contributed by atoms with Crippen LogP contribution in [0.25, 0.3) is 0 Å². The fraction of sp³-hybridized carbons (Fsp3) is 0.214. The molecule has 0 saturated carbocycles. The number of aromatic nitrogens is 1. The lowest BCUT2D eigenvalue weighted by atomic mass is 10.2. The van der Waals surface area contributed by atoms with Crippen molar-refractivity contribution in [3.63, 3.8) is 0 Å². The van der Waals surface area contributed by atoms with Gasteiger partial charge in [0.15, 0.2) is 0 Å². The molecule has 1 heterocycles. The number of pyridine rings is 1. The lowest BCUT2D eigenvalue weighted by Crippen LogP contribution is -2.26. The van der Waals surface area contributed by atoms with E-state index in [4.69, 9.17) is 5.11 Å². The van der Waals surface area contributed by atoms with Crippen LogP contribution in [0.1, 0.15) is 11.1 Å². The van der Waals surface area contributed by atoms with Crippen molar-refractivity contribution < 1.29 is 17.9 Å². The lowest BCUT2D eigenvalue weighted by Gasteiger charge is -2.08. The van der Waals surface area contributed by atoms with E-state index in [1.54, 1.807) is 24.5 Å². The maximum absolute atomic E-state index is 13.3. The van der Waals surface area contributed by atoms with Crippen LogP contribution >= 0.6 is 0 Å². The summed E-state index contributed by atoms with van der Waals surface area (Å²) in [6.45, 7) is -0.329. The average Bonchev–Trinajstić information content (AvgIpc) is 2.48. The van der Waals surface area contributed by atoms with Gasteiger partial charge in [0.25, 0.3) is 0 Å². The number of nitrogens with one attached hydrogen (secondary N) is 1. The molecule has 0 aliphatic heterocycles. The number of hydrogen-bond donors (Lipinski definition) is 2. The van der Waals surface area contributed by atoms with Crippen molar-refractivity contribution in [3.8, 4) is 0 Å². The van der Waals surface area contributed by atoms with E-state index in [2.05, 4.69) is 9.71 Å². The summed E-state index contributed by atoms with van der Waals surface area (Å²) in [6, 6.07) is 6.93. The number of halogens is 1. The van der Waals surface area contributed by atoms with E-state index >= 15 is 0 Å². The number of aliphatic hydroxyl groups excluding tert-OH is 1. The predicted molar refractivity (Wildman–Crippen MR) is 75.5 cm³/mol. The Kier molecular flexibility index (Phi) is 5.00. The Morgan fingerprint density at radius 1 is 1.19 bits per heavy atom. The van der Waals surface area contributed by atoms with Gasteiger partial charge in [-0.15, -0.1) is 0 Å². The standard InChI is InChI=1S/C14H15FN2O3S/c15-14-2-1-13(9-12(14)10-18)21(19,20)17-8-5-11-3-6-16-7-4-11/h1-4,6-7,9,17-18H,5,8,10H2. The van der Waals surface area contributed by atoms with Gasteiger partial charge in [-0.25, -0.2) is 17.5 Å². The highest BCUT2D eigenvalue weighted by Gasteiger charge is 2.15. The van der Waals surface area contributed by atoms with Crippen LogP contribution in [-0.4, -0.2) is 25.1 Å². The zero-order valence-electron chi connectivity index (χ0n) is 11.2. The van der Waals surface area contributed by atoms with Gasteiger partial charge in [-0.2, -0.15) is 0 Å². The third-order valence-electron chi connectivity index (χ3n) is 2.95. The van der Waals surface area contributed by atoms with Crippen LogP contribution in [0.15, 0.2) is 47.6 Å². The molecule has 2 aromatic rings. The first kappa shape index (κ1) is 15.6. The fourth-order valence-electron chi connectivity index (χ4n) is 1.80. The summed E-state index contributed by atoms with van der Waals surface area (Å²) in [5.74, 6) is -0.631. The molecule has 0 fully saturated rings. The Labute approximate surface area is 122 Å². The van der Waals surface area contributed by atoms with E-state index in [0.717, 1.165) is 17.7 Å². The van der Waals surface area contributed by atoms with E-state index in [9.17, 15) is 12.8 Å². The smallest absolute Gasteiger partial charge is 0.240 e. The molecule has 2 rings (SSSR count). The molecule has 0 aliphatic carbocycles. The molecule has 1 aromatic heterocycles. The Morgan fingerprint density at radius 3 is 2.57 bits per heavy atom. The zero-order chi connectivity index (χ0) is 15.3. The van der Waals surface area contributed by atoms with Crippen molar-refractivity contribution in [2.75, 3.05) is 6.54 Å². The second-order valence-corrected chi connectivity index (χ2v) is 6.18. The summed E-state index contributed by atoms with van der Waals surface area (Å²) >= 11 is 0. The molecule has 0 radical (unpaired) electrons. The molecule has 0 saturated heterocycles. The van der Waals surface area contributed by atoms with Crippen LogP contribution in [0.2, 0.25) is 0 Å². The summed E-state index contributed by atoms with van der Waals surface area (Å²) in [5, 5.41) is 8.97. The van der Waals surface area contributed by atoms with Gasteiger partial charge in [0.2, 0.25) is 10.0 Å². The second kappa shape index (κ2) is 6.75. The molecule has 0 unspecified atom stereocenters. The van der Waals surface area contributed by atoms with Crippen molar-refractivity contribution in [1.82, 2.24) is 9.71 Å². The molecule has 0 amide bonds. The van der Waals surface area contributed by atoms with Crippen LogP contribution < -0.4 is 4.72 Å². The summed E-state index contributed by atoms with van der Waals surface area (Å²) in [4.78, 5) is 3.81. The van der Waals surface area contributed by atoms with Gasteiger partial charge in [-0.1, -0.05) is 0 Å². The number of hydrogen-bond acceptors (Lipinski definition) is 4. The minimum absolute atomic E-state index is 0.0491. The monoisotopic (exact) mass is 310 g/mol. The minimum atomic E-state index is -3.72. The first-order valence-corrected chi connectivity index (χ1v) is 7.79. The van der Waals surface area contributed by atoms with E-state index in [-0.39, 0.29) is 17.0 Å². The maximum atomic E-state index is 13.3. The third kappa shape index (κ3) is 4.07. The second-order valence-electron chi connectivity index (χ2n) is 4.41. The number of rotatable bonds is 6. The first-order chi connectivity index (χ1) is 10.0. The van der Waals surface area contributed by atoms with Gasteiger partial charge in [0, 0.05) is 24.5 Å². The Morgan fingerprint density at radius 2 is 1.90 bits per heavy atom. The Balaban J connectivity index is 2.05. The van der Waals surface area contributed by atoms with Crippen molar-refractivity contribution in [2.24, 2.45) is 0 Å². The van der Waals surface area contributed by atoms with Crippen LogP contribution in [0.4, 0.5) is 4.39 Å². The largest absolute Gasteiger partial charge is 0.392 e. The molecule has 21 heavy (non-hydrogen) atoms. The lowest BCUT2D eigenvalue weighted by molar-refractivity contribution is 0.275. The summed E-state index contributed by atoms with van der Waals surface area (Å²) in [5.41, 5.74) is 0.912. The summed E-state index contributed by atoms with van der Waals surface area (Å²) < 4.78 is 39.8. The van der Waals surface area contributed by atoms with Gasteiger partial charge in [-0.3, -0.25) is 4.98 Å². The van der Waals surface area contributed by atoms with Crippen molar-refractivity contribution in [2.45, 2.75) is 17.9 Å².